The van der Waals surface area contributed by atoms with Gasteiger partial charge >= 0.3 is 0 Å². The van der Waals surface area contributed by atoms with Crippen molar-refractivity contribution in [3.63, 3.8) is 0 Å². The topological polar surface area (TPSA) is 137 Å². The maximum Gasteiger partial charge on any atom is 0.287 e. The lowest BCUT2D eigenvalue weighted by atomic mass is 10.1. The van der Waals surface area contributed by atoms with E-state index < -0.39 is 21.5 Å². The molecule has 0 atom stereocenters. The van der Waals surface area contributed by atoms with E-state index in [9.17, 15) is 18.5 Å². The molecular formula is C23H16N6O3S. The largest absolute Gasteiger partial charge is 0.319 e. The van der Waals surface area contributed by atoms with Crippen LogP contribution in [0.3, 0.4) is 0 Å². The summed E-state index contributed by atoms with van der Waals surface area (Å²) in [5, 5.41) is 17.4. The average Bonchev–Trinajstić information content (AvgIpc) is 2.85. The van der Waals surface area contributed by atoms with Crippen LogP contribution in [0.25, 0.3) is 10.8 Å². The molecule has 0 unspecified atom stereocenters. The number of benzene rings is 3. The van der Waals surface area contributed by atoms with Crippen LogP contribution in [-0.4, -0.2) is 30.0 Å². The molecular weight excluding hydrogens is 440 g/mol. The van der Waals surface area contributed by atoms with Gasteiger partial charge in [0.15, 0.2) is 0 Å². The first-order chi connectivity index (χ1) is 16.0. The van der Waals surface area contributed by atoms with Gasteiger partial charge in [0.2, 0.25) is 15.5 Å². The van der Waals surface area contributed by atoms with Crippen molar-refractivity contribution in [1.29, 1.82) is 5.26 Å². The second-order valence-electron chi connectivity index (χ2n) is 6.72. The molecule has 33 heavy (non-hydrogen) atoms. The number of nitrogens with one attached hydrogen (secondary N) is 2. The zero-order valence-corrected chi connectivity index (χ0v) is 17.8. The Morgan fingerprint density at radius 3 is 2.33 bits per heavy atom. The van der Waals surface area contributed by atoms with Crippen LogP contribution in [0.15, 0.2) is 100 Å². The molecule has 1 aromatic heterocycles. The molecule has 3 aromatic carbocycles. The molecule has 2 N–H and O–H groups in total. The summed E-state index contributed by atoms with van der Waals surface area (Å²) in [5.74, 6) is -0.679. The summed E-state index contributed by atoms with van der Waals surface area (Å²) in [4.78, 5) is 20.1. The predicted molar refractivity (Wildman–Crippen MR) is 123 cm³/mol. The molecule has 4 rings (SSSR count). The molecule has 0 saturated heterocycles. The number of carbonyl (C=O) groups is 1. The van der Waals surface area contributed by atoms with E-state index in [1.165, 1.54) is 42.7 Å². The summed E-state index contributed by atoms with van der Waals surface area (Å²) in [6.45, 7) is 0. The van der Waals surface area contributed by atoms with Crippen LogP contribution in [0.5, 0.6) is 0 Å². The third kappa shape index (κ3) is 4.68. The zero-order chi connectivity index (χ0) is 23.3. The number of sulfone groups is 1. The standard InChI is InChI=1S/C23H16N6O3S/c24-15-21(22(30)27-20-8-3-6-16-5-1-2-7-19(16)20)29-28-17-9-11-18(12-10-17)33(31,32)23-25-13-4-14-26-23/h1-14,28H,(H,27,30)/b29-21+. The third-order valence-electron chi connectivity index (χ3n) is 4.60. The number of carbonyl (C=O) groups excluding carboxylic acids is 1. The van der Waals surface area contributed by atoms with Gasteiger partial charge in [0.05, 0.1) is 10.6 Å². The van der Waals surface area contributed by atoms with Gasteiger partial charge in [0.1, 0.15) is 6.07 Å². The third-order valence-corrected chi connectivity index (χ3v) is 6.19. The van der Waals surface area contributed by atoms with Crippen molar-refractivity contribution in [2.45, 2.75) is 10.1 Å². The van der Waals surface area contributed by atoms with Gasteiger partial charge in [-0.2, -0.15) is 10.4 Å². The van der Waals surface area contributed by atoms with E-state index >= 15 is 0 Å². The van der Waals surface area contributed by atoms with E-state index in [2.05, 4.69) is 25.8 Å². The fourth-order valence-electron chi connectivity index (χ4n) is 3.00. The highest BCUT2D eigenvalue weighted by Crippen LogP contribution is 2.23. The van der Waals surface area contributed by atoms with Crippen molar-refractivity contribution in [3.05, 3.63) is 85.2 Å². The first-order valence-corrected chi connectivity index (χ1v) is 11.1. The second-order valence-corrected chi connectivity index (χ2v) is 8.57. The molecule has 0 radical (unpaired) electrons. The number of hydrogen-bond acceptors (Lipinski definition) is 8. The Hall–Kier alpha value is -4.62. The molecule has 0 spiro atoms. The fraction of sp³-hybridized carbons (Fsp3) is 0. The Labute approximate surface area is 189 Å². The maximum atomic E-state index is 12.6. The van der Waals surface area contributed by atoms with E-state index in [0.717, 1.165) is 10.8 Å². The van der Waals surface area contributed by atoms with Gasteiger partial charge in [-0.3, -0.25) is 10.2 Å². The van der Waals surface area contributed by atoms with Crippen LogP contribution >= 0.6 is 0 Å². The molecule has 0 aliphatic rings. The highest BCUT2D eigenvalue weighted by atomic mass is 32.2. The van der Waals surface area contributed by atoms with Crippen molar-refractivity contribution < 1.29 is 13.2 Å². The molecule has 0 fully saturated rings. The normalized spacial score (nSPS) is 11.5. The molecule has 9 nitrogen and oxygen atoms in total. The molecule has 1 amide bonds. The molecule has 0 aliphatic heterocycles. The van der Waals surface area contributed by atoms with Crippen LogP contribution < -0.4 is 10.7 Å². The molecule has 0 bridgehead atoms. The first kappa shape index (κ1) is 21.6. The molecule has 10 heteroatoms. The second kappa shape index (κ2) is 9.25. The number of fused-ring (bicyclic) bond motifs is 1. The number of rotatable bonds is 6. The molecule has 162 valence electrons. The Bertz CT molecular complexity index is 1490. The zero-order valence-electron chi connectivity index (χ0n) is 17.0. The van der Waals surface area contributed by atoms with Crippen LogP contribution in [0.2, 0.25) is 0 Å². The summed E-state index contributed by atoms with van der Waals surface area (Å²) in [6.07, 6.45) is 2.69. The number of anilines is 2. The summed E-state index contributed by atoms with van der Waals surface area (Å²) >= 11 is 0. The van der Waals surface area contributed by atoms with E-state index in [4.69, 9.17) is 0 Å². The Kier molecular flexibility index (Phi) is 6.06. The van der Waals surface area contributed by atoms with Crippen molar-refractivity contribution in [1.82, 2.24) is 9.97 Å². The number of hydrogen-bond donors (Lipinski definition) is 2. The monoisotopic (exact) mass is 456 g/mol. The van der Waals surface area contributed by atoms with Gasteiger partial charge in [-0.15, -0.1) is 0 Å². The van der Waals surface area contributed by atoms with E-state index in [-0.39, 0.29) is 10.1 Å². The van der Waals surface area contributed by atoms with E-state index in [0.29, 0.717) is 11.4 Å². The number of amides is 1. The minimum absolute atomic E-state index is 0.00237. The van der Waals surface area contributed by atoms with Crippen LogP contribution in [0.4, 0.5) is 11.4 Å². The SMILES string of the molecule is N#C/C(=N\Nc1ccc(S(=O)(=O)c2ncccn2)cc1)C(=O)Nc1cccc2ccccc12. The molecule has 0 aliphatic carbocycles. The van der Waals surface area contributed by atoms with Crippen molar-refractivity contribution in [3.8, 4) is 6.07 Å². The Morgan fingerprint density at radius 2 is 1.61 bits per heavy atom. The number of nitriles is 1. The van der Waals surface area contributed by atoms with Gasteiger partial charge < -0.3 is 5.32 Å². The van der Waals surface area contributed by atoms with Gasteiger partial charge in [-0.25, -0.2) is 18.4 Å². The van der Waals surface area contributed by atoms with Gasteiger partial charge in [-0.1, -0.05) is 36.4 Å². The fourth-order valence-corrected chi connectivity index (χ4v) is 4.11. The highest BCUT2D eigenvalue weighted by molar-refractivity contribution is 7.91. The van der Waals surface area contributed by atoms with Crippen LogP contribution in [-0.2, 0) is 14.6 Å². The van der Waals surface area contributed by atoms with Gasteiger partial charge in [0.25, 0.3) is 11.1 Å². The molecule has 4 aromatic rings. The number of nitrogens with zero attached hydrogens (tertiary/aromatic N) is 4. The lowest BCUT2D eigenvalue weighted by Crippen LogP contribution is -2.22. The highest BCUT2D eigenvalue weighted by Gasteiger charge is 2.20. The van der Waals surface area contributed by atoms with E-state index in [1.54, 1.807) is 18.2 Å². The molecule has 1 heterocycles. The van der Waals surface area contributed by atoms with Crippen molar-refractivity contribution in [2.24, 2.45) is 5.10 Å². The Morgan fingerprint density at radius 1 is 0.909 bits per heavy atom. The van der Waals surface area contributed by atoms with Gasteiger partial charge in [-0.05, 0) is 41.8 Å². The minimum Gasteiger partial charge on any atom is -0.319 e. The van der Waals surface area contributed by atoms with Crippen molar-refractivity contribution >= 4 is 43.6 Å². The maximum absolute atomic E-state index is 12.6. The smallest absolute Gasteiger partial charge is 0.287 e. The predicted octanol–water partition coefficient (Wildman–Crippen LogP) is 3.39. The summed E-state index contributed by atoms with van der Waals surface area (Å²) < 4.78 is 25.1. The average molecular weight is 456 g/mol. The van der Waals surface area contributed by atoms with Gasteiger partial charge in [0, 0.05) is 23.5 Å². The number of aromatic nitrogens is 2. The lowest BCUT2D eigenvalue weighted by Gasteiger charge is -2.08. The number of hydrazone groups is 1. The van der Waals surface area contributed by atoms with E-state index in [1.807, 2.05) is 30.3 Å². The summed E-state index contributed by atoms with van der Waals surface area (Å²) in [6, 6.07) is 21.9. The lowest BCUT2D eigenvalue weighted by molar-refractivity contribution is -0.110. The Balaban J connectivity index is 1.49. The summed E-state index contributed by atoms with van der Waals surface area (Å²) in [5.41, 5.74) is 3.14. The quantitative estimate of drug-likeness (QED) is 0.258. The molecule has 0 saturated carbocycles. The van der Waals surface area contributed by atoms with Crippen molar-refractivity contribution in [2.75, 3.05) is 10.7 Å². The van der Waals surface area contributed by atoms with Crippen LogP contribution in [0.1, 0.15) is 0 Å². The summed E-state index contributed by atoms with van der Waals surface area (Å²) in [7, 11) is -3.86. The minimum atomic E-state index is -3.86. The van der Waals surface area contributed by atoms with Crippen LogP contribution in [0, 0.1) is 11.3 Å². The first-order valence-electron chi connectivity index (χ1n) is 9.64.